The predicted octanol–water partition coefficient (Wildman–Crippen LogP) is 3.07. The zero-order valence-corrected chi connectivity index (χ0v) is 16.9. The summed E-state index contributed by atoms with van der Waals surface area (Å²) in [5.74, 6) is 3.10. The lowest BCUT2D eigenvalue weighted by atomic mass is 9.96. The van der Waals surface area contributed by atoms with E-state index >= 15 is 0 Å². The highest BCUT2D eigenvalue weighted by Crippen LogP contribution is 2.18. The van der Waals surface area contributed by atoms with Crippen LogP contribution in [0.15, 0.2) is 4.99 Å². The van der Waals surface area contributed by atoms with E-state index in [9.17, 15) is 0 Å². The maximum atomic E-state index is 5.41. The van der Waals surface area contributed by atoms with Gasteiger partial charge in [-0.3, -0.25) is 4.99 Å². The molecule has 0 aliphatic carbocycles. The molecule has 1 saturated heterocycles. The van der Waals surface area contributed by atoms with Crippen LogP contribution >= 0.6 is 35.7 Å². The van der Waals surface area contributed by atoms with Gasteiger partial charge >= 0.3 is 0 Å². The zero-order chi connectivity index (χ0) is 14.6. The number of aliphatic imine (C=N–C) groups is 1. The highest BCUT2D eigenvalue weighted by Gasteiger charge is 2.15. The Balaban J connectivity index is 0.00000400. The molecule has 6 heteroatoms. The maximum Gasteiger partial charge on any atom is 0.193 e. The van der Waals surface area contributed by atoms with Crippen LogP contribution in [0.25, 0.3) is 0 Å². The molecule has 1 aliphatic heterocycles. The standard InChI is InChI=1S/C15H31N3OS.HI/c1-16-15(17-9-4-5-13-20-3)18(2)10-6-14-7-11-19-12-8-14;/h14H,4-13H2,1-3H3,(H,16,17);1H. The fourth-order valence-electron chi connectivity index (χ4n) is 2.47. The van der Waals surface area contributed by atoms with Gasteiger partial charge in [0.05, 0.1) is 0 Å². The summed E-state index contributed by atoms with van der Waals surface area (Å²) in [6.45, 7) is 3.98. The van der Waals surface area contributed by atoms with Gasteiger partial charge in [0.15, 0.2) is 5.96 Å². The molecule has 1 heterocycles. The Hall–Kier alpha value is 0.310. The van der Waals surface area contributed by atoms with E-state index in [0.717, 1.165) is 38.2 Å². The van der Waals surface area contributed by atoms with E-state index in [-0.39, 0.29) is 24.0 Å². The molecule has 0 aromatic carbocycles. The summed E-state index contributed by atoms with van der Waals surface area (Å²) in [6.07, 6.45) is 8.33. The van der Waals surface area contributed by atoms with Crippen molar-refractivity contribution in [3.8, 4) is 0 Å². The van der Waals surface area contributed by atoms with Crippen LogP contribution in [0.3, 0.4) is 0 Å². The minimum absolute atomic E-state index is 0. The van der Waals surface area contributed by atoms with Crippen molar-refractivity contribution in [3.05, 3.63) is 0 Å². The van der Waals surface area contributed by atoms with Gasteiger partial charge in [0, 0.05) is 40.4 Å². The molecule has 0 spiro atoms. The molecule has 1 rings (SSSR count). The normalized spacial score (nSPS) is 16.4. The van der Waals surface area contributed by atoms with E-state index < -0.39 is 0 Å². The Morgan fingerprint density at radius 1 is 1.33 bits per heavy atom. The third-order valence-corrected chi connectivity index (χ3v) is 4.54. The Morgan fingerprint density at radius 3 is 2.67 bits per heavy atom. The fourth-order valence-corrected chi connectivity index (χ4v) is 2.97. The summed E-state index contributed by atoms with van der Waals surface area (Å²) in [5.41, 5.74) is 0. The molecule has 0 aromatic heterocycles. The number of nitrogens with zero attached hydrogens (tertiary/aromatic N) is 2. The first-order valence-electron chi connectivity index (χ1n) is 7.76. The van der Waals surface area contributed by atoms with Gasteiger partial charge in [0.1, 0.15) is 0 Å². The average Bonchev–Trinajstić information content (AvgIpc) is 2.49. The van der Waals surface area contributed by atoms with E-state index in [1.54, 1.807) is 0 Å². The Labute approximate surface area is 151 Å². The molecule has 0 atom stereocenters. The Bertz CT molecular complexity index is 274. The van der Waals surface area contributed by atoms with Gasteiger partial charge in [0.2, 0.25) is 0 Å². The molecule has 0 unspecified atom stereocenters. The largest absolute Gasteiger partial charge is 0.381 e. The van der Waals surface area contributed by atoms with E-state index in [1.807, 2.05) is 18.8 Å². The van der Waals surface area contributed by atoms with Gasteiger partial charge in [-0.25, -0.2) is 0 Å². The van der Waals surface area contributed by atoms with Crippen molar-refractivity contribution in [1.82, 2.24) is 10.2 Å². The summed E-state index contributed by atoms with van der Waals surface area (Å²) in [5, 5.41) is 3.46. The second-order valence-corrected chi connectivity index (χ2v) is 6.43. The molecule has 0 saturated carbocycles. The number of thioether (sulfide) groups is 1. The number of unbranched alkanes of at least 4 members (excludes halogenated alkanes) is 1. The summed E-state index contributed by atoms with van der Waals surface area (Å²) in [6, 6.07) is 0. The molecule has 4 nitrogen and oxygen atoms in total. The molecular formula is C15H32IN3OS. The van der Waals surface area contributed by atoms with Gasteiger partial charge in [-0.2, -0.15) is 11.8 Å². The molecule has 0 aromatic rings. The first-order chi connectivity index (χ1) is 9.77. The third-order valence-electron chi connectivity index (χ3n) is 3.85. The molecule has 0 radical (unpaired) electrons. The summed E-state index contributed by atoms with van der Waals surface area (Å²) >= 11 is 1.92. The van der Waals surface area contributed by atoms with Crippen LogP contribution < -0.4 is 5.32 Å². The van der Waals surface area contributed by atoms with Crippen LogP contribution in [0.1, 0.15) is 32.1 Å². The van der Waals surface area contributed by atoms with Crippen molar-refractivity contribution in [2.45, 2.75) is 32.1 Å². The van der Waals surface area contributed by atoms with Crippen molar-refractivity contribution in [2.24, 2.45) is 10.9 Å². The summed E-state index contributed by atoms with van der Waals surface area (Å²) in [7, 11) is 4.01. The van der Waals surface area contributed by atoms with E-state index in [2.05, 4.69) is 28.5 Å². The van der Waals surface area contributed by atoms with Crippen molar-refractivity contribution in [3.63, 3.8) is 0 Å². The van der Waals surface area contributed by atoms with Gasteiger partial charge < -0.3 is 15.0 Å². The lowest BCUT2D eigenvalue weighted by Crippen LogP contribution is -2.40. The molecule has 126 valence electrons. The second-order valence-electron chi connectivity index (χ2n) is 5.44. The minimum Gasteiger partial charge on any atom is -0.381 e. The van der Waals surface area contributed by atoms with Gasteiger partial charge in [-0.05, 0) is 50.0 Å². The lowest BCUT2D eigenvalue weighted by molar-refractivity contribution is 0.0625. The zero-order valence-electron chi connectivity index (χ0n) is 13.8. The highest BCUT2D eigenvalue weighted by molar-refractivity contribution is 14.0. The van der Waals surface area contributed by atoms with Crippen LogP contribution in [0.5, 0.6) is 0 Å². The highest BCUT2D eigenvalue weighted by atomic mass is 127. The van der Waals surface area contributed by atoms with Crippen molar-refractivity contribution >= 4 is 41.7 Å². The van der Waals surface area contributed by atoms with Gasteiger partial charge in [-0.1, -0.05) is 0 Å². The Morgan fingerprint density at radius 2 is 2.05 bits per heavy atom. The molecule has 1 N–H and O–H groups in total. The quantitative estimate of drug-likeness (QED) is 0.279. The first-order valence-corrected chi connectivity index (χ1v) is 9.15. The smallest absolute Gasteiger partial charge is 0.193 e. The summed E-state index contributed by atoms with van der Waals surface area (Å²) in [4.78, 5) is 6.63. The number of ether oxygens (including phenoxy) is 1. The number of nitrogens with one attached hydrogen (secondary N) is 1. The number of guanidine groups is 1. The van der Waals surface area contributed by atoms with Crippen molar-refractivity contribution in [2.75, 3.05) is 52.4 Å². The van der Waals surface area contributed by atoms with Gasteiger partial charge in [0.25, 0.3) is 0 Å². The van der Waals surface area contributed by atoms with Crippen molar-refractivity contribution < 1.29 is 4.74 Å². The lowest BCUT2D eigenvalue weighted by Gasteiger charge is -2.26. The van der Waals surface area contributed by atoms with Crippen molar-refractivity contribution in [1.29, 1.82) is 0 Å². The second kappa shape index (κ2) is 13.9. The first kappa shape index (κ1) is 21.3. The van der Waals surface area contributed by atoms with Crippen LogP contribution in [-0.4, -0.2) is 63.3 Å². The topological polar surface area (TPSA) is 36.9 Å². The molecule has 0 amide bonds. The molecule has 1 aliphatic rings. The van der Waals surface area contributed by atoms with E-state index in [0.29, 0.717) is 0 Å². The predicted molar refractivity (Wildman–Crippen MR) is 105 cm³/mol. The molecule has 0 bridgehead atoms. The summed E-state index contributed by atoms with van der Waals surface area (Å²) < 4.78 is 5.41. The molecule has 1 fully saturated rings. The third kappa shape index (κ3) is 9.84. The minimum atomic E-state index is 0. The van der Waals surface area contributed by atoms with Crippen LogP contribution in [0, 0.1) is 5.92 Å². The molecular weight excluding hydrogens is 397 g/mol. The number of hydrogen-bond acceptors (Lipinski definition) is 3. The van der Waals surface area contributed by atoms with E-state index in [1.165, 1.54) is 37.9 Å². The maximum absolute atomic E-state index is 5.41. The monoisotopic (exact) mass is 429 g/mol. The Kier molecular flexibility index (Phi) is 14.1. The van der Waals surface area contributed by atoms with Crippen LogP contribution in [0.4, 0.5) is 0 Å². The van der Waals surface area contributed by atoms with Crippen LogP contribution in [0.2, 0.25) is 0 Å². The SMILES string of the molecule is CN=C(NCCCCSC)N(C)CCC1CCOCC1.I. The van der Waals surface area contributed by atoms with E-state index in [4.69, 9.17) is 4.74 Å². The molecule has 21 heavy (non-hydrogen) atoms. The van der Waals surface area contributed by atoms with Crippen LogP contribution in [-0.2, 0) is 4.74 Å². The van der Waals surface area contributed by atoms with Gasteiger partial charge in [-0.15, -0.1) is 24.0 Å². The number of hydrogen-bond donors (Lipinski definition) is 1. The average molecular weight is 429 g/mol. The number of halogens is 1. The number of rotatable bonds is 8. The fraction of sp³-hybridized carbons (Fsp3) is 0.933.